The first-order valence-corrected chi connectivity index (χ1v) is 5.95. The lowest BCUT2D eigenvalue weighted by atomic mass is 10.2. The first-order valence-electron chi connectivity index (χ1n) is 5.57. The third kappa shape index (κ3) is 2.76. The molecule has 1 aromatic rings. The van der Waals surface area contributed by atoms with Gasteiger partial charge in [-0.25, -0.2) is 4.98 Å². The van der Waals surface area contributed by atoms with E-state index in [-0.39, 0.29) is 16.4 Å². The van der Waals surface area contributed by atoms with Gasteiger partial charge in [0.15, 0.2) is 0 Å². The lowest BCUT2D eigenvalue weighted by Crippen LogP contribution is -2.26. The summed E-state index contributed by atoms with van der Waals surface area (Å²) in [7, 11) is 0. The summed E-state index contributed by atoms with van der Waals surface area (Å²) in [6.45, 7) is 2.68. The van der Waals surface area contributed by atoms with Crippen LogP contribution in [-0.4, -0.2) is 22.4 Å². The van der Waals surface area contributed by atoms with Gasteiger partial charge in [-0.05, 0) is 18.3 Å². The van der Waals surface area contributed by atoms with Gasteiger partial charge >= 0.3 is 0 Å². The summed E-state index contributed by atoms with van der Waals surface area (Å²) in [5.41, 5.74) is -0.205. The van der Waals surface area contributed by atoms with Gasteiger partial charge in [-0.2, -0.15) is 0 Å². The first kappa shape index (κ1) is 12.8. The zero-order chi connectivity index (χ0) is 13.3. The smallest absolute Gasteiger partial charge is 0.288 e. The number of pyridine rings is 1. The number of hydrogen-bond donors (Lipinski definition) is 1. The number of halogens is 1. The van der Waals surface area contributed by atoms with Crippen LogP contribution >= 0.6 is 11.6 Å². The minimum atomic E-state index is -0.608. The minimum absolute atomic E-state index is 0.0260. The van der Waals surface area contributed by atoms with E-state index in [1.165, 1.54) is 0 Å². The molecule has 2 unspecified atom stereocenters. The van der Waals surface area contributed by atoms with Gasteiger partial charge in [0.05, 0.1) is 10.5 Å². The Hall–Kier alpha value is -1.69. The molecule has 7 heteroatoms. The summed E-state index contributed by atoms with van der Waals surface area (Å²) in [4.78, 5) is 25.5. The number of amides is 1. The van der Waals surface area contributed by atoms with Crippen LogP contribution in [0.3, 0.4) is 0 Å². The highest BCUT2D eigenvalue weighted by Gasteiger charge is 2.32. The number of nitro groups is 1. The summed E-state index contributed by atoms with van der Waals surface area (Å²) >= 11 is 5.76. The van der Waals surface area contributed by atoms with Gasteiger partial charge in [0.2, 0.25) is 0 Å². The summed E-state index contributed by atoms with van der Waals surface area (Å²) in [6, 6.07) is 1.14. The topological polar surface area (TPSA) is 85.1 Å². The summed E-state index contributed by atoms with van der Waals surface area (Å²) in [5.74, 6) is 0.707. The van der Waals surface area contributed by atoms with E-state index >= 15 is 0 Å². The number of carbonyl (C=O) groups excluding carboxylic acids is 1. The molecule has 18 heavy (non-hydrogen) atoms. The van der Waals surface area contributed by atoms with Crippen LogP contribution in [0.15, 0.2) is 12.3 Å². The van der Waals surface area contributed by atoms with E-state index in [9.17, 15) is 14.9 Å². The van der Waals surface area contributed by atoms with Crippen molar-refractivity contribution in [2.45, 2.75) is 13.3 Å². The van der Waals surface area contributed by atoms with Gasteiger partial charge in [0.1, 0.15) is 11.3 Å². The highest BCUT2D eigenvalue weighted by Crippen LogP contribution is 2.36. The summed E-state index contributed by atoms with van der Waals surface area (Å²) < 4.78 is 0. The monoisotopic (exact) mass is 269 g/mol. The zero-order valence-corrected chi connectivity index (χ0v) is 10.5. The number of nitrogens with one attached hydrogen (secondary N) is 1. The number of hydrogen-bond acceptors (Lipinski definition) is 4. The Morgan fingerprint density at radius 3 is 2.94 bits per heavy atom. The molecular weight excluding hydrogens is 258 g/mol. The fourth-order valence-electron chi connectivity index (χ4n) is 1.70. The maximum absolute atomic E-state index is 11.8. The van der Waals surface area contributed by atoms with Crippen LogP contribution in [0.25, 0.3) is 0 Å². The minimum Gasteiger partial charge on any atom is -0.352 e. The second-order valence-electron chi connectivity index (χ2n) is 4.47. The largest absolute Gasteiger partial charge is 0.352 e. The molecule has 6 nitrogen and oxygen atoms in total. The van der Waals surface area contributed by atoms with Crippen molar-refractivity contribution in [3.05, 3.63) is 33.1 Å². The molecule has 0 radical (unpaired) electrons. The van der Waals surface area contributed by atoms with Crippen LogP contribution < -0.4 is 5.32 Å². The Bertz CT molecular complexity index is 506. The van der Waals surface area contributed by atoms with Gasteiger partial charge < -0.3 is 5.32 Å². The Balaban J connectivity index is 2.08. The molecule has 1 fully saturated rings. The molecule has 0 saturated heterocycles. The van der Waals surface area contributed by atoms with E-state index in [2.05, 4.69) is 17.2 Å². The van der Waals surface area contributed by atoms with E-state index < -0.39 is 10.8 Å². The van der Waals surface area contributed by atoms with Crippen molar-refractivity contribution < 1.29 is 9.72 Å². The molecule has 0 bridgehead atoms. The Kier molecular flexibility index (Phi) is 3.47. The van der Waals surface area contributed by atoms with Crippen LogP contribution in [0.2, 0.25) is 5.15 Å². The Labute approximate surface area is 109 Å². The molecule has 2 atom stereocenters. The van der Waals surface area contributed by atoms with Gasteiger partial charge in [-0.15, -0.1) is 0 Å². The van der Waals surface area contributed by atoms with Gasteiger partial charge in [-0.3, -0.25) is 14.9 Å². The van der Waals surface area contributed by atoms with E-state index in [4.69, 9.17) is 11.6 Å². The quantitative estimate of drug-likeness (QED) is 0.515. The predicted molar refractivity (Wildman–Crippen MR) is 65.5 cm³/mol. The SMILES string of the molecule is CC1CC1CNC(=O)c1cc([N+](=O)[O-])cnc1Cl. The van der Waals surface area contributed by atoms with Gasteiger partial charge in [0.25, 0.3) is 11.6 Å². The van der Waals surface area contributed by atoms with Crippen molar-refractivity contribution in [1.29, 1.82) is 0 Å². The van der Waals surface area contributed by atoms with E-state index in [0.717, 1.165) is 18.7 Å². The van der Waals surface area contributed by atoms with Crippen molar-refractivity contribution in [1.82, 2.24) is 10.3 Å². The third-order valence-electron chi connectivity index (χ3n) is 3.08. The van der Waals surface area contributed by atoms with Crippen molar-refractivity contribution in [2.75, 3.05) is 6.54 Å². The van der Waals surface area contributed by atoms with Crippen molar-refractivity contribution in [3.63, 3.8) is 0 Å². The highest BCUT2D eigenvalue weighted by molar-refractivity contribution is 6.32. The second kappa shape index (κ2) is 4.89. The number of rotatable bonds is 4. The molecule has 0 aliphatic heterocycles. The Morgan fingerprint density at radius 1 is 1.72 bits per heavy atom. The first-order chi connectivity index (χ1) is 8.49. The maximum atomic E-state index is 11.8. The van der Waals surface area contributed by atoms with Crippen LogP contribution in [-0.2, 0) is 0 Å². The van der Waals surface area contributed by atoms with Crippen LogP contribution in [0.1, 0.15) is 23.7 Å². The predicted octanol–water partition coefficient (Wildman–Crippen LogP) is 2.03. The normalized spacial score (nSPS) is 21.4. The zero-order valence-electron chi connectivity index (χ0n) is 9.72. The van der Waals surface area contributed by atoms with Crippen molar-refractivity contribution >= 4 is 23.2 Å². The summed E-state index contributed by atoms with van der Waals surface area (Å²) in [6.07, 6.45) is 2.13. The fourth-order valence-corrected chi connectivity index (χ4v) is 1.89. The second-order valence-corrected chi connectivity index (χ2v) is 4.83. The molecular formula is C11H12ClN3O3. The van der Waals surface area contributed by atoms with E-state index in [1.807, 2.05) is 0 Å². The molecule has 1 amide bonds. The average Bonchev–Trinajstić information content (AvgIpc) is 3.02. The molecule has 1 saturated carbocycles. The Morgan fingerprint density at radius 2 is 2.39 bits per heavy atom. The van der Waals surface area contributed by atoms with Crippen LogP contribution in [0.5, 0.6) is 0 Å². The van der Waals surface area contributed by atoms with Gasteiger partial charge in [-0.1, -0.05) is 18.5 Å². The van der Waals surface area contributed by atoms with E-state index in [1.54, 1.807) is 0 Å². The number of carbonyl (C=O) groups is 1. The number of aromatic nitrogens is 1. The third-order valence-corrected chi connectivity index (χ3v) is 3.38. The maximum Gasteiger partial charge on any atom is 0.288 e. The molecule has 1 aliphatic carbocycles. The molecule has 1 N–H and O–H groups in total. The highest BCUT2D eigenvalue weighted by atomic mass is 35.5. The molecule has 0 aromatic carbocycles. The van der Waals surface area contributed by atoms with Gasteiger partial charge in [0, 0.05) is 12.6 Å². The lowest BCUT2D eigenvalue weighted by Gasteiger charge is -2.05. The van der Waals surface area contributed by atoms with E-state index in [0.29, 0.717) is 18.4 Å². The standard InChI is InChI=1S/C11H12ClN3O3/c1-6-2-7(6)4-14-11(16)9-3-8(15(17)18)5-13-10(9)12/h3,5-7H,2,4H2,1H3,(H,14,16). The lowest BCUT2D eigenvalue weighted by molar-refractivity contribution is -0.385. The fraction of sp³-hybridized carbons (Fsp3) is 0.455. The molecule has 2 rings (SSSR count). The molecule has 1 aliphatic rings. The van der Waals surface area contributed by atoms with Crippen LogP contribution in [0.4, 0.5) is 5.69 Å². The number of nitrogens with zero attached hydrogens (tertiary/aromatic N) is 2. The molecule has 0 spiro atoms. The van der Waals surface area contributed by atoms with Crippen LogP contribution in [0, 0.1) is 22.0 Å². The van der Waals surface area contributed by atoms with Crippen molar-refractivity contribution in [2.24, 2.45) is 11.8 Å². The summed E-state index contributed by atoms with van der Waals surface area (Å²) in [5, 5.41) is 13.3. The molecule has 1 heterocycles. The molecule has 1 aromatic heterocycles. The van der Waals surface area contributed by atoms with Crippen molar-refractivity contribution in [3.8, 4) is 0 Å². The average molecular weight is 270 g/mol. The molecule has 96 valence electrons.